The number of nitrogens with zero attached hydrogens (tertiary/aromatic N) is 1. The molecule has 2 N–H and O–H groups in total. The molecule has 0 bridgehead atoms. The highest BCUT2D eigenvalue weighted by Crippen LogP contribution is 2.30. The number of aromatic nitrogens is 2. The minimum Gasteiger partial charge on any atom is -0.508 e. The van der Waals surface area contributed by atoms with Crippen LogP contribution in [0.4, 0.5) is 0 Å². The van der Waals surface area contributed by atoms with Crippen LogP contribution < -0.4 is 0 Å². The van der Waals surface area contributed by atoms with Crippen molar-refractivity contribution >= 4 is 33.4 Å². The molecule has 0 aliphatic heterocycles. The normalized spacial score (nSPS) is 11.4. The van der Waals surface area contributed by atoms with Crippen LogP contribution in [0.2, 0.25) is 5.15 Å². The summed E-state index contributed by atoms with van der Waals surface area (Å²) in [5.74, 6) is 0.249. The van der Waals surface area contributed by atoms with E-state index < -0.39 is 0 Å². The van der Waals surface area contributed by atoms with Crippen molar-refractivity contribution in [2.24, 2.45) is 0 Å². The lowest BCUT2D eigenvalue weighted by atomic mass is 10.1. The van der Waals surface area contributed by atoms with E-state index in [9.17, 15) is 5.11 Å². The maximum absolute atomic E-state index is 9.48. The Morgan fingerprint density at radius 1 is 1.25 bits per heavy atom. The number of aryl methyl sites for hydroxylation is 1. The summed E-state index contributed by atoms with van der Waals surface area (Å²) in [6, 6.07) is 7.03. The Labute approximate surface area is 96.7 Å². The Balaban J connectivity index is 2.57. The van der Waals surface area contributed by atoms with Crippen LogP contribution in [0.1, 0.15) is 5.69 Å². The average molecular weight is 233 g/mol. The van der Waals surface area contributed by atoms with Crippen molar-refractivity contribution in [1.82, 2.24) is 9.97 Å². The molecule has 3 rings (SSSR count). The second kappa shape index (κ2) is 3.12. The van der Waals surface area contributed by atoms with E-state index in [1.807, 2.05) is 19.1 Å². The number of pyridine rings is 1. The lowest BCUT2D eigenvalue weighted by molar-refractivity contribution is 0.476. The molecule has 0 fully saturated rings. The molecule has 4 heteroatoms. The smallest absolute Gasteiger partial charge is 0.130 e. The molecule has 0 unspecified atom stereocenters. The van der Waals surface area contributed by atoms with E-state index in [1.54, 1.807) is 12.1 Å². The molecule has 0 amide bonds. The van der Waals surface area contributed by atoms with Gasteiger partial charge in [-0.15, -0.1) is 0 Å². The van der Waals surface area contributed by atoms with Crippen LogP contribution in [0.5, 0.6) is 5.75 Å². The molecular weight excluding hydrogens is 224 g/mol. The molecule has 3 nitrogen and oxygen atoms in total. The van der Waals surface area contributed by atoms with Gasteiger partial charge in [0.2, 0.25) is 0 Å². The summed E-state index contributed by atoms with van der Waals surface area (Å²) in [6.45, 7) is 1.91. The number of rotatable bonds is 0. The van der Waals surface area contributed by atoms with Crippen molar-refractivity contribution in [1.29, 1.82) is 0 Å². The van der Waals surface area contributed by atoms with E-state index in [4.69, 9.17) is 11.6 Å². The summed E-state index contributed by atoms with van der Waals surface area (Å²) < 4.78 is 0. The van der Waals surface area contributed by atoms with E-state index in [2.05, 4.69) is 9.97 Å². The number of halogens is 1. The Morgan fingerprint density at radius 3 is 2.88 bits per heavy atom. The Hall–Kier alpha value is -1.74. The molecule has 0 saturated heterocycles. The van der Waals surface area contributed by atoms with Gasteiger partial charge in [0.1, 0.15) is 10.9 Å². The number of phenols is 1. The zero-order valence-corrected chi connectivity index (χ0v) is 9.34. The average Bonchev–Trinajstić information content (AvgIpc) is 2.57. The van der Waals surface area contributed by atoms with E-state index >= 15 is 0 Å². The molecule has 2 aromatic heterocycles. The van der Waals surface area contributed by atoms with E-state index in [0.29, 0.717) is 5.15 Å². The lowest BCUT2D eigenvalue weighted by Gasteiger charge is -1.96. The van der Waals surface area contributed by atoms with Gasteiger partial charge in [0.05, 0.1) is 11.2 Å². The van der Waals surface area contributed by atoms with Gasteiger partial charge < -0.3 is 10.1 Å². The quantitative estimate of drug-likeness (QED) is 0.584. The molecule has 0 saturated carbocycles. The first kappa shape index (κ1) is 9.48. The zero-order valence-electron chi connectivity index (χ0n) is 8.58. The second-order valence-corrected chi connectivity index (χ2v) is 4.20. The van der Waals surface area contributed by atoms with Gasteiger partial charge in [-0.3, -0.25) is 0 Å². The predicted molar refractivity (Wildman–Crippen MR) is 65.0 cm³/mol. The maximum atomic E-state index is 9.48. The SMILES string of the molecule is Cc1nc(Cl)cc2c1[nH]c1ccc(O)cc12. The van der Waals surface area contributed by atoms with Gasteiger partial charge in [0.25, 0.3) is 0 Å². The van der Waals surface area contributed by atoms with E-state index in [0.717, 1.165) is 27.5 Å². The number of hydrogen-bond donors (Lipinski definition) is 2. The lowest BCUT2D eigenvalue weighted by Crippen LogP contribution is -1.83. The minimum atomic E-state index is 0.249. The van der Waals surface area contributed by atoms with Crippen molar-refractivity contribution < 1.29 is 5.11 Å². The fraction of sp³-hybridized carbons (Fsp3) is 0.0833. The third-order valence-electron chi connectivity index (χ3n) is 2.72. The zero-order chi connectivity index (χ0) is 11.3. The highest BCUT2D eigenvalue weighted by atomic mass is 35.5. The van der Waals surface area contributed by atoms with Gasteiger partial charge in [-0.1, -0.05) is 11.6 Å². The summed E-state index contributed by atoms with van der Waals surface area (Å²) in [5.41, 5.74) is 2.79. The summed E-state index contributed by atoms with van der Waals surface area (Å²) >= 11 is 5.93. The van der Waals surface area contributed by atoms with Crippen molar-refractivity contribution in [3.05, 3.63) is 35.1 Å². The molecule has 2 heterocycles. The molecule has 3 aromatic rings. The van der Waals surface area contributed by atoms with E-state index in [1.165, 1.54) is 0 Å². The molecule has 0 spiro atoms. The van der Waals surface area contributed by atoms with Crippen LogP contribution >= 0.6 is 11.6 Å². The summed E-state index contributed by atoms with van der Waals surface area (Å²) in [5, 5.41) is 11.9. The van der Waals surface area contributed by atoms with Crippen LogP contribution in [-0.4, -0.2) is 15.1 Å². The minimum absolute atomic E-state index is 0.249. The number of benzene rings is 1. The fourth-order valence-corrected chi connectivity index (χ4v) is 2.24. The van der Waals surface area contributed by atoms with Crippen LogP contribution in [0.15, 0.2) is 24.3 Å². The third kappa shape index (κ3) is 1.25. The van der Waals surface area contributed by atoms with E-state index in [-0.39, 0.29) is 5.75 Å². The number of aromatic hydroxyl groups is 1. The third-order valence-corrected chi connectivity index (χ3v) is 2.92. The number of phenolic OH excluding ortho intramolecular Hbond substituents is 1. The molecule has 0 atom stereocenters. The number of nitrogens with one attached hydrogen (secondary N) is 1. The standard InChI is InChI=1S/C12H9ClN2O/c1-6-12-9(5-11(13)14-6)8-4-7(16)2-3-10(8)15-12/h2-5,15-16H,1H3. The predicted octanol–water partition coefficient (Wildman–Crippen LogP) is 3.38. The van der Waals surface area contributed by atoms with Crippen molar-refractivity contribution in [3.8, 4) is 5.75 Å². The fourth-order valence-electron chi connectivity index (χ4n) is 2.00. The first-order valence-corrected chi connectivity index (χ1v) is 5.30. The van der Waals surface area contributed by atoms with Crippen molar-refractivity contribution in [2.45, 2.75) is 6.92 Å². The topological polar surface area (TPSA) is 48.9 Å². The summed E-state index contributed by atoms with van der Waals surface area (Å²) in [7, 11) is 0. The molecule has 80 valence electrons. The van der Waals surface area contributed by atoms with Gasteiger partial charge in [-0.2, -0.15) is 0 Å². The molecule has 0 radical (unpaired) electrons. The molecule has 16 heavy (non-hydrogen) atoms. The van der Waals surface area contributed by atoms with Gasteiger partial charge in [0.15, 0.2) is 0 Å². The molecule has 1 aromatic carbocycles. The Bertz CT molecular complexity index is 703. The number of aromatic amines is 1. The first-order valence-electron chi connectivity index (χ1n) is 4.93. The van der Waals surface area contributed by atoms with Gasteiger partial charge in [-0.25, -0.2) is 4.98 Å². The van der Waals surface area contributed by atoms with Crippen LogP contribution in [-0.2, 0) is 0 Å². The Kier molecular flexibility index (Phi) is 1.85. The van der Waals surface area contributed by atoms with Gasteiger partial charge in [0, 0.05) is 16.3 Å². The summed E-state index contributed by atoms with van der Waals surface area (Å²) in [4.78, 5) is 7.46. The van der Waals surface area contributed by atoms with Gasteiger partial charge in [-0.05, 0) is 31.2 Å². The Morgan fingerprint density at radius 2 is 2.06 bits per heavy atom. The van der Waals surface area contributed by atoms with Crippen LogP contribution in [0, 0.1) is 6.92 Å². The number of H-pyrrole nitrogens is 1. The molecular formula is C12H9ClN2O. The highest BCUT2D eigenvalue weighted by Gasteiger charge is 2.08. The monoisotopic (exact) mass is 232 g/mol. The molecule has 0 aliphatic carbocycles. The van der Waals surface area contributed by atoms with Crippen LogP contribution in [0.3, 0.4) is 0 Å². The van der Waals surface area contributed by atoms with Crippen molar-refractivity contribution in [2.75, 3.05) is 0 Å². The second-order valence-electron chi connectivity index (χ2n) is 3.81. The highest BCUT2D eigenvalue weighted by molar-refractivity contribution is 6.30. The largest absolute Gasteiger partial charge is 0.508 e. The number of hydrogen-bond acceptors (Lipinski definition) is 2. The first-order chi connectivity index (χ1) is 7.65. The van der Waals surface area contributed by atoms with Gasteiger partial charge >= 0.3 is 0 Å². The van der Waals surface area contributed by atoms with Crippen molar-refractivity contribution in [3.63, 3.8) is 0 Å². The number of fused-ring (bicyclic) bond motifs is 3. The maximum Gasteiger partial charge on any atom is 0.130 e. The molecule has 0 aliphatic rings. The summed E-state index contributed by atoms with van der Waals surface area (Å²) in [6.07, 6.45) is 0. The van der Waals surface area contributed by atoms with Crippen LogP contribution in [0.25, 0.3) is 21.8 Å².